The average Bonchev–Trinajstić information content (AvgIpc) is 2.38. The van der Waals surface area contributed by atoms with Crippen molar-refractivity contribution in [1.82, 2.24) is 0 Å². The molecule has 1 unspecified atom stereocenters. The Kier molecular flexibility index (Phi) is 5.19. The number of carbonyl (C=O) groups is 1. The smallest absolute Gasteiger partial charge is 0.269 e. The summed E-state index contributed by atoms with van der Waals surface area (Å²) in [6.45, 7) is -0.643. The molecule has 1 aromatic carbocycles. The van der Waals surface area contributed by atoms with Gasteiger partial charge in [0.25, 0.3) is 6.43 Å². The molecule has 1 aliphatic rings. The number of amides is 1. The third kappa shape index (κ3) is 3.11. The van der Waals surface area contributed by atoms with Gasteiger partial charge in [-0.1, -0.05) is 0 Å². The van der Waals surface area contributed by atoms with E-state index in [2.05, 4.69) is 4.99 Å². The summed E-state index contributed by atoms with van der Waals surface area (Å²) in [5.74, 6) is -1.96. The lowest BCUT2D eigenvalue weighted by Crippen LogP contribution is -2.45. The van der Waals surface area contributed by atoms with Gasteiger partial charge in [0.1, 0.15) is 18.3 Å². The molecule has 1 aliphatic heterocycles. The van der Waals surface area contributed by atoms with E-state index in [4.69, 9.17) is 16.2 Å². The molecule has 9 heteroatoms. The Morgan fingerprint density at radius 1 is 1.43 bits per heavy atom. The molecule has 0 fully saturated rings. The first-order valence-corrected chi connectivity index (χ1v) is 5.67. The number of benzene rings is 1. The summed E-state index contributed by atoms with van der Waals surface area (Å²) >= 11 is 0. The Labute approximate surface area is 124 Å². The molecule has 1 aromatic rings. The van der Waals surface area contributed by atoms with E-state index in [-0.39, 0.29) is 30.4 Å². The van der Waals surface area contributed by atoms with Gasteiger partial charge in [-0.3, -0.25) is 9.79 Å². The van der Waals surface area contributed by atoms with Crippen molar-refractivity contribution in [3.63, 3.8) is 0 Å². The second-order valence-electron chi connectivity index (χ2n) is 4.38. The van der Waals surface area contributed by atoms with Crippen LogP contribution in [0.5, 0.6) is 0 Å². The fourth-order valence-electron chi connectivity index (χ4n) is 2.01. The lowest BCUT2D eigenvalue weighted by molar-refractivity contribution is -0.0146. The van der Waals surface area contributed by atoms with Crippen LogP contribution in [-0.2, 0) is 10.3 Å². The van der Waals surface area contributed by atoms with Gasteiger partial charge < -0.3 is 16.2 Å². The van der Waals surface area contributed by atoms with E-state index in [0.29, 0.717) is 0 Å². The van der Waals surface area contributed by atoms with Crippen molar-refractivity contribution in [2.45, 2.75) is 12.0 Å². The molecule has 0 aliphatic carbocycles. The number of hydrogen-bond donors (Lipinski definition) is 2. The standard InChI is InChI=1S/C12H12F3N3O2.ClH/c13-8-2-1-6(10(17)19)3-7(8)12(11(14)15)5-20-4-9(16)18-12;/h1-3,11H,4-5H2,(H2,16,18)(H2,17,19);1H. The molecule has 0 aromatic heterocycles. The third-order valence-corrected chi connectivity index (χ3v) is 2.99. The second-order valence-corrected chi connectivity index (χ2v) is 4.38. The average molecular weight is 324 g/mol. The molecule has 1 amide bonds. The van der Waals surface area contributed by atoms with Crippen LogP contribution >= 0.6 is 12.4 Å². The molecule has 1 heterocycles. The number of primary amides is 1. The van der Waals surface area contributed by atoms with E-state index in [9.17, 15) is 18.0 Å². The number of alkyl halides is 2. The number of halogens is 4. The molecule has 21 heavy (non-hydrogen) atoms. The van der Waals surface area contributed by atoms with E-state index in [1.807, 2.05) is 0 Å². The summed E-state index contributed by atoms with van der Waals surface area (Å²) in [5, 5.41) is 0. The summed E-state index contributed by atoms with van der Waals surface area (Å²) in [6, 6.07) is 2.95. The molecule has 4 N–H and O–H groups in total. The zero-order valence-corrected chi connectivity index (χ0v) is 11.5. The molecule has 0 radical (unpaired) electrons. The number of nitrogens with two attached hydrogens (primary N) is 2. The Morgan fingerprint density at radius 2 is 2.10 bits per heavy atom. The van der Waals surface area contributed by atoms with Crippen molar-refractivity contribution in [3.8, 4) is 0 Å². The quantitative estimate of drug-likeness (QED) is 0.875. The van der Waals surface area contributed by atoms with Crippen molar-refractivity contribution >= 4 is 24.1 Å². The first-order valence-electron chi connectivity index (χ1n) is 5.67. The zero-order valence-electron chi connectivity index (χ0n) is 10.7. The van der Waals surface area contributed by atoms with Crippen LogP contribution in [0.25, 0.3) is 0 Å². The van der Waals surface area contributed by atoms with Gasteiger partial charge in [0.05, 0.1) is 6.61 Å². The number of amidine groups is 1. The normalized spacial score (nSPS) is 21.6. The lowest BCUT2D eigenvalue weighted by atomic mass is 9.89. The molecule has 0 saturated heterocycles. The molecule has 2 rings (SSSR count). The highest BCUT2D eigenvalue weighted by Crippen LogP contribution is 2.37. The molecule has 5 nitrogen and oxygen atoms in total. The van der Waals surface area contributed by atoms with Gasteiger partial charge in [-0.15, -0.1) is 12.4 Å². The van der Waals surface area contributed by atoms with Crippen LogP contribution in [0.4, 0.5) is 13.2 Å². The lowest BCUT2D eigenvalue weighted by Gasteiger charge is -2.33. The molecular weight excluding hydrogens is 311 g/mol. The van der Waals surface area contributed by atoms with Crippen molar-refractivity contribution in [1.29, 1.82) is 0 Å². The van der Waals surface area contributed by atoms with Gasteiger partial charge in [-0.25, -0.2) is 13.2 Å². The van der Waals surface area contributed by atoms with Crippen LogP contribution in [0.15, 0.2) is 23.2 Å². The van der Waals surface area contributed by atoms with Crippen LogP contribution in [0.1, 0.15) is 15.9 Å². The topological polar surface area (TPSA) is 90.7 Å². The largest absolute Gasteiger partial charge is 0.385 e. The first kappa shape index (κ1) is 17.3. The van der Waals surface area contributed by atoms with Gasteiger partial charge >= 0.3 is 0 Å². The van der Waals surface area contributed by atoms with Crippen LogP contribution < -0.4 is 11.5 Å². The summed E-state index contributed by atoms with van der Waals surface area (Å²) in [4.78, 5) is 14.8. The molecule has 1 atom stereocenters. The molecule has 0 saturated carbocycles. The maximum absolute atomic E-state index is 13.9. The van der Waals surface area contributed by atoms with Crippen molar-refractivity contribution in [2.75, 3.05) is 13.2 Å². The van der Waals surface area contributed by atoms with E-state index < -0.39 is 35.9 Å². The Morgan fingerprint density at radius 3 is 2.62 bits per heavy atom. The molecule has 0 bridgehead atoms. The SMILES string of the molecule is Cl.NC(=O)c1ccc(F)c(C2(C(F)F)COCC(N)=N2)c1. The van der Waals surface area contributed by atoms with Gasteiger partial charge in [0, 0.05) is 11.1 Å². The highest BCUT2D eigenvalue weighted by Gasteiger charge is 2.46. The molecule has 0 spiro atoms. The number of carbonyl (C=O) groups excluding carboxylic acids is 1. The minimum absolute atomic E-state index is 0. The highest BCUT2D eigenvalue weighted by molar-refractivity contribution is 5.93. The third-order valence-electron chi connectivity index (χ3n) is 2.99. The van der Waals surface area contributed by atoms with Gasteiger partial charge in [0.2, 0.25) is 5.91 Å². The Balaban J connectivity index is 0.00000220. The second kappa shape index (κ2) is 6.31. The highest BCUT2D eigenvalue weighted by atomic mass is 35.5. The number of aliphatic imine (C=N–C) groups is 1. The summed E-state index contributed by atoms with van der Waals surface area (Å²) in [7, 11) is 0. The minimum atomic E-state index is -3.06. The Hall–Kier alpha value is -1.80. The molecular formula is C12H13ClF3N3O2. The summed E-state index contributed by atoms with van der Waals surface area (Å²) in [6.07, 6.45) is -3.06. The van der Waals surface area contributed by atoms with Crippen LogP contribution in [0.2, 0.25) is 0 Å². The van der Waals surface area contributed by atoms with Crippen LogP contribution in [0.3, 0.4) is 0 Å². The molecule has 116 valence electrons. The van der Waals surface area contributed by atoms with Gasteiger partial charge in [-0.2, -0.15) is 0 Å². The summed E-state index contributed by atoms with van der Waals surface area (Å²) < 4.78 is 45.7. The maximum atomic E-state index is 13.9. The Bertz CT molecular complexity index is 583. The van der Waals surface area contributed by atoms with Crippen molar-refractivity contribution in [3.05, 3.63) is 35.1 Å². The predicted octanol–water partition coefficient (Wildman–Crippen LogP) is 1.19. The minimum Gasteiger partial charge on any atom is -0.385 e. The maximum Gasteiger partial charge on any atom is 0.269 e. The summed E-state index contributed by atoms with van der Waals surface area (Å²) in [5.41, 5.74) is 7.65. The number of nitrogens with zero attached hydrogens (tertiary/aromatic N) is 1. The van der Waals surface area contributed by atoms with E-state index in [1.54, 1.807) is 0 Å². The first-order chi connectivity index (χ1) is 9.36. The van der Waals surface area contributed by atoms with Gasteiger partial charge in [-0.05, 0) is 18.2 Å². The van der Waals surface area contributed by atoms with Gasteiger partial charge in [0.15, 0.2) is 5.54 Å². The predicted molar refractivity (Wildman–Crippen MR) is 72.3 cm³/mol. The number of ether oxygens (including phenoxy) is 1. The fraction of sp³-hybridized carbons (Fsp3) is 0.333. The van der Waals surface area contributed by atoms with Crippen LogP contribution in [0, 0.1) is 5.82 Å². The van der Waals surface area contributed by atoms with E-state index >= 15 is 0 Å². The zero-order chi connectivity index (χ0) is 14.9. The van der Waals surface area contributed by atoms with Crippen molar-refractivity contribution < 1.29 is 22.7 Å². The number of rotatable bonds is 3. The van der Waals surface area contributed by atoms with Crippen molar-refractivity contribution in [2.24, 2.45) is 16.5 Å². The monoisotopic (exact) mass is 323 g/mol. The van der Waals surface area contributed by atoms with E-state index in [1.165, 1.54) is 0 Å². The van der Waals surface area contributed by atoms with E-state index in [0.717, 1.165) is 18.2 Å². The van der Waals surface area contributed by atoms with Crippen LogP contribution in [-0.4, -0.2) is 31.4 Å². The number of hydrogen-bond acceptors (Lipinski definition) is 4. The fourth-order valence-corrected chi connectivity index (χ4v) is 2.01.